The molecule has 2 saturated heterocycles. The molecule has 0 unspecified atom stereocenters. The number of nitriles is 1. The van der Waals surface area contributed by atoms with Crippen molar-refractivity contribution in [1.29, 1.82) is 5.26 Å². The Morgan fingerprint density at radius 1 is 0.970 bits per heavy atom. The number of amides is 1. The van der Waals surface area contributed by atoms with Crippen LogP contribution in [0.5, 0.6) is 0 Å². The molecule has 1 amide bonds. The lowest BCUT2D eigenvalue weighted by atomic mass is 10.1. The van der Waals surface area contributed by atoms with E-state index in [0.29, 0.717) is 62.6 Å². The fourth-order valence-corrected chi connectivity index (χ4v) is 5.90. The Bertz CT molecular complexity index is 1150. The van der Waals surface area contributed by atoms with Gasteiger partial charge in [-0.15, -0.1) is 0 Å². The highest BCUT2D eigenvalue weighted by Gasteiger charge is 2.29. The zero-order chi connectivity index (χ0) is 23.4. The fraction of sp³-hybridized carbons (Fsp3) is 0.417. The topological polar surface area (TPSA) is 93.9 Å². The molecule has 0 aromatic heterocycles. The molecule has 2 aromatic carbocycles. The molecular weight excluding hydrogens is 440 g/mol. The van der Waals surface area contributed by atoms with E-state index in [4.69, 9.17) is 10.00 Å². The number of hydrogen-bond donors (Lipinski definition) is 0. The first-order valence-corrected chi connectivity index (χ1v) is 12.6. The van der Waals surface area contributed by atoms with Gasteiger partial charge in [-0.2, -0.15) is 9.57 Å². The molecule has 0 saturated carbocycles. The van der Waals surface area contributed by atoms with Crippen molar-refractivity contribution in [2.45, 2.75) is 18.2 Å². The molecule has 0 N–H and O–H groups in total. The lowest BCUT2D eigenvalue weighted by Crippen LogP contribution is -2.41. The van der Waals surface area contributed by atoms with Gasteiger partial charge < -0.3 is 14.5 Å². The van der Waals surface area contributed by atoms with Gasteiger partial charge in [-0.25, -0.2) is 8.42 Å². The van der Waals surface area contributed by atoms with Crippen molar-refractivity contribution >= 4 is 21.6 Å². The van der Waals surface area contributed by atoms with Gasteiger partial charge >= 0.3 is 0 Å². The van der Waals surface area contributed by atoms with Gasteiger partial charge in [0.1, 0.15) is 0 Å². The van der Waals surface area contributed by atoms with Gasteiger partial charge in [0.05, 0.1) is 29.7 Å². The van der Waals surface area contributed by atoms with Crippen LogP contribution in [0.2, 0.25) is 0 Å². The molecule has 2 heterocycles. The van der Waals surface area contributed by atoms with Crippen molar-refractivity contribution in [3.63, 3.8) is 0 Å². The Hall–Kier alpha value is -2.93. The minimum atomic E-state index is -3.69. The number of nitrogens with zero attached hydrogens (tertiary/aromatic N) is 4. The zero-order valence-electron chi connectivity index (χ0n) is 18.7. The van der Waals surface area contributed by atoms with Crippen molar-refractivity contribution in [3.05, 3.63) is 59.2 Å². The van der Waals surface area contributed by atoms with Crippen LogP contribution >= 0.6 is 0 Å². The van der Waals surface area contributed by atoms with Crippen molar-refractivity contribution in [2.24, 2.45) is 0 Å². The molecule has 9 heteroatoms. The summed E-state index contributed by atoms with van der Waals surface area (Å²) >= 11 is 0. The van der Waals surface area contributed by atoms with Crippen molar-refractivity contribution in [3.8, 4) is 6.07 Å². The summed E-state index contributed by atoms with van der Waals surface area (Å²) < 4.78 is 33.1. The first kappa shape index (κ1) is 23.2. The first-order valence-electron chi connectivity index (χ1n) is 11.1. The van der Waals surface area contributed by atoms with Gasteiger partial charge in [-0.3, -0.25) is 4.79 Å². The molecule has 8 nitrogen and oxygen atoms in total. The highest BCUT2D eigenvalue weighted by atomic mass is 32.2. The van der Waals surface area contributed by atoms with Gasteiger partial charge in [0, 0.05) is 50.5 Å². The van der Waals surface area contributed by atoms with Crippen LogP contribution in [0.15, 0.2) is 47.4 Å². The van der Waals surface area contributed by atoms with E-state index in [2.05, 4.69) is 11.0 Å². The highest BCUT2D eigenvalue weighted by molar-refractivity contribution is 7.89. The van der Waals surface area contributed by atoms with Gasteiger partial charge in [-0.05, 0) is 55.3 Å². The molecule has 0 spiro atoms. The Labute approximate surface area is 195 Å². The minimum absolute atomic E-state index is 0.157. The zero-order valence-corrected chi connectivity index (χ0v) is 19.6. The maximum absolute atomic E-state index is 13.3. The third kappa shape index (κ3) is 5.03. The lowest BCUT2D eigenvalue weighted by Gasteiger charge is -2.27. The van der Waals surface area contributed by atoms with E-state index in [0.717, 1.165) is 18.7 Å². The predicted molar refractivity (Wildman–Crippen MR) is 125 cm³/mol. The summed E-state index contributed by atoms with van der Waals surface area (Å²) in [5, 5.41) is 9.00. The third-order valence-corrected chi connectivity index (χ3v) is 8.21. The van der Waals surface area contributed by atoms with E-state index >= 15 is 0 Å². The second-order valence-electron chi connectivity index (χ2n) is 8.29. The summed E-state index contributed by atoms with van der Waals surface area (Å²) in [7, 11) is -3.69. The molecule has 2 fully saturated rings. The molecule has 0 bridgehead atoms. The van der Waals surface area contributed by atoms with Crippen molar-refractivity contribution in [2.75, 3.05) is 57.4 Å². The number of morpholine rings is 1. The Kier molecular flexibility index (Phi) is 6.98. The van der Waals surface area contributed by atoms with Crippen LogP contribution in [-0.4, -0.2) is 76.0 Å². The van der Waals surface area contributed by atoms with Crippen molar-refractivity contribution < 1.29 is 17.9 Å². The SMILES string of the molecule is Cc1ccc(C(=O)N2CCCN(c3ccc(C#N)cc3)CC2)cc1S(=O)(=O)N1CCOCC1. The lowest BCUT2D eigenvalue weighted by molar-refractivity contribution is 0.0729. The second-order valence-corrected chi connectivity index (χ2v) is 10.2. The number of sulfonamides is 1. The molecule has 4 rings (SSSR count). The molecule has 0 radical (unpaired) electrons. The average Bonchev–Trinajstić information content (AvgIpc) is 3.11. The first-order chi connectivity index (χ1) is 15.9. The van der Waals surface area contributed by atoms with E-state index in [1.807, 2.05) is 12.1 Å². The predicted octanol–water partition coefficient (Wildman–Crippen LogP) is 2.24. The molecular formula is C24H28N4O4S. The van der Waals surface area contributed by atoms with Gasteiger partial charge in [-0.1, -0.05) is 6.07 Å². The average molecular weight is 469 g/mol. The van der Waals surface area contributed by atoms with Crippen LogP contribution in [0, 0.1) is 18.3 Å². The maximum Gasteiger partial charge on any atom is 0.253 e. The molecule has 2 aromatic rings. The monoisotopic (exact) mass is 468 g/mol. The number of ether oxygens (including phenoxy) is 1. The quantitative estimate of drug-likeness (QED) is 0.683. The van der Waals surface area contributed by atoms with Crippen molar-refractivity contribution in [1.82, 2.24) is 9.21 Å². The van der Waals surface area contributed by atoms with Gasteiger partial charge in [0.15, 0.2) is 0 Å². The standard InChI is InChI=1S/C24H28N4O4S/c1-19-3-6-21(17-23(19)33(30,31)28-13-15-32-16-14-28)24(29)27-10-2-9-26(11-12-27)22-7-4-20(18-25)5-8-22/h3-8,17H,2,9-16H2,1H3. The normalized spacial score (nSPS) is 17.9. The Morgan fingerprint density at radius 2 is 1.70 bits per heavy atom. The number of carbonyl (C=O) groups excluding carboxylic acids is 1. The van der Waals surface area contributed by atoms with E-state index in [1.165, 1.54) is 10.4 Å². The smallest absolute Gasteiger partial charge is 0.253 e. The van der Waals surface area contributed by atoms with Crippen LogP contribution in [0.1, 0.15) is 27.9 Å². The van der Waals surface area contributed by atoms with Crippen LogP contribution in [0.4, 0.5) is 5.69 Å². The maximum atomic E-state index is 13.3. The van der Waals surface area contributed by atoms with Crippen LogP contribution in [-0.2, 0) is 14.8 Å². The van der Waals surface area contributed by atoms with Crippen LogP contribution in [0.3, 0.4) is 0 Å². The Morgan fingerprint density at radius 3 is 2.39 bits per heavy atom. The van der Waals surface area contributed by atoms with Gasteiger partial charge in [0.25, 0.3) is 5.91 Å². The number of benzene rings is 2. The summed E-state index contributed by atoms with van der Waals surface area (Å²) in [4.78, 5) is 17.5. The molecule has 0 aliphatic carbocycles. The molecule has 174 valence electrons. The highest BCUT2D eigenvalue weighted by Crippen LogP contribution is 2.24. The summed E-state index contributed by atoms with van der Waals surface area (Å²) in [6.45, 7) is 5.75. The number of hydrogen-bond acceptors (Lipinski definition) is 6. The third-order valence-electron chi connectivity index (χ3n) is 6.17. The van der Waals surface area contributed by atoms with E-state index in [1.54, 1.807) is 36.1 Å². The molecule has 2 aliphatic rings. The van der Waals surface area contributed by atoms with E-state index < -0.39 is 10.0 Å². The number of anilines is 1. The van der Waals surface area contributed by atoms with Crippen LogP contribution in [0.25, 0.3) is 0 Å². The second kappa shape index (κ2) is 9.91. The van der Waals surface area contributed by atoms with Crippen LogP contribution < -0.4 is 4.90 Å². The molecule has 33 heavy (non-hydrogen) atoms. The van der Waals surface area contributed by atoms with E-state index in [9.17, 15) is 13.2 Å². The fourth-order valence-electron chi connectivity index (χ4n) is 4.25. The summed E-state index contributed by atoms with van der Waals surface area (Å²) in [5.41, 5.74) is 2.66. The minimum Gasteiger partial charge on any atom is -0.379 e. The number of aryl methyl sites for hydroxylation is 1. The largest absolute Gasteiger partial charge is 0.379 e. The number of rotatable bonds is 4. The molecule has 0 atom stereocenters. The summed E-state index contributed by atoms with van der Waals surface area (Å²) in [6.07, 6.45) is 0.802. The molecule has 2 aliphatic heterocycles. The van der Waals surface area contributed by atoms with Gasteiger partial charge in [0.2, 0.25) is 10.0 Å². The number of carbonyl (C=O) groups is 1. The summed E-state index contributed by atoms with van der Waals surface area (Å²) in [6, 6.07) is 14.5. The van der Waals surface area contributed by atoms with E-state index in [-0.39, 0.29) is 10.8 Å². The summed E-state index contributed by atoms with van der Waals surface area (Å²) in [5.74, 6) is -0.157. The Balaban J connectivity index is 1.50.